The molecule has 1 aliphatic carbocycles. The first-order valence-electron chi connectivity index (χ1n) is 7.83. The Balaban J connectivity index is 1.92. The maximum atomic E-state index is 12.8. The summed E-state index contributed by atoms with van der Waals surface area (Å²) in [5.74, 6) is 0.0759. The minimum Gasteiger partial charge on any atom is -0.434 e. The van der Waals surface area contributed by atoms with Crippen LogP contribution in [-0.2, 0) is 6.18 Å². The van der Waals surface area contributed by atoms with Gasteiger partial charge in [0.25, 0.3) is 0 Å². The zero-order valence-electron chi connectivity index (χ0n) is 13.5. The fourth-order valence-corrected chi connectivity index (χ4v) is 2.97. The third-order valence-corrected chi connectivity index (χ3v) is 4.32. The van der Waals surface area contributed by atoms with Crippen molar-refractivity contribution < 1.29 is 22.7 Å². The number of nitrogens with one attached hydrogen (secondary N) is 1. The smallest absolute Gasteiger partial charge is 0.416 e. The van der Waals surface area contributed by atoms with E-state index in [1.807, 2.05) is 0 Å². The van der Waals surface area contributed by atoms with Crippen LogP contribution in [0.1, 0.15) is 36.9 Å². The second-order valence-corrected chi connectivity index (χ2v) is 6.61. The molecule has 2 aromatic rings. The monoisotopic (exact) mass is 407 g/mol. The molecule has 1 aromatic carbocycles. The number of rotatable bonds is 4. The molecule has 1 N–H and O–H groups in total. The largest absolute Gasteiger partial charge is 0.434 e. The van der Waals surface area contributed by atoms with E-state index < -0.39 is 17.8 Å². The molecule has 5 nitrogen and oxygen atoms in total. The molecule has 1 heterocycles. The van der Waals surface area contributed by atoms with Gasteiger partial charge in [-0.05, 0) is 31.9 Å². The number of hydrogen-bond donors (Lipinski definition) is 1. The van der Waals surface area contributed by atoms with Gasteiger partial charge in [0.05, 0.1) is 21.3 Å². The van der Waals surface area contributed by atoms with Crippen LogP contribution in [0.25, 0.3) is 0 Å². The van der Waals surface area contributed by atoms with Gasteiger partial charge < -0.3 is 10.1 Å². The number of benzene rings is 1. The molecule has 1 amide bonds. The number of hydrogen-bond acceptors (Lipinski definition) is 3. The molecule has 0 spiro atoms. The fraction of sp³-hybridized carbons (Fsp3) is 0.375. The Morgan fingerprint density at radius 2 is 1.92 bits per heavy atom. The molecule has 140 valence electrons. The van der Waals surface area contributed by atoms with Crippen LogP contribution < -0.4 is 10.1 Å². The summed E-state index contributed by atoms with van der Waals surface area (Å²) in [6.45, 7) is 2.20. The van der Waals surface area contributed by atoms with Crippen molar-refractivity contribution in [2.45, 2.75) is 31.9 Å². The van der Waals surface area contributed by atoms with Gasteiger partial charge in [-0.15, -0.1) is 5.10 Å². The number of halogens is 5. The van der Waals surface area contributed by atoms with Gasteiger partial charge in [0.15, 0.2) is 5.75 Å². The van der Waals surface area contributed by atoms with Crippen molar-refractivity contribution in [1.29, 1.82) is 0 Å². The van der Waals surface area contributed by atoms with E-state index in [9.17, 15) is 18.0 Å². The van der Waals surface area contributed by atoms with Crippen molar-refractivity contribution in [1.82, 2.24) is 15.1 Å². The van der Waals surface area contributed by atoms with Crippen molar-refractivity contribution in [2.75, 3.05) is 6.54 Å². The molecular weight excluding hydrogens is 394 g/mol. The van der Waals surface area contributed by atoms with Crippen molar-refractivity contribution in [3.8, 4) is 11.6 Å². The number of ether oxygens (including phenoxy) is 1. The van der Waals surface area contributed by atoms with Crippen molar-refractivity contribution in [3.05, 3.63) is 39.5 Å². The Morgan fingerprint density at radius 3 is 2.42 bits per heavy atom. The number of carbonyl (C=O) groups excluding carboxylic acids is 1. The predicted octanol–water partition coefficient (Wildman–Crippen LogP) is 5.46. The SMILES string of the molecule is CCNC(=O)n1nc(Oc2c(Cl)cc(C(F)(F)F)cc2Cl)cc1C1CC1. The molecule has 0 saturated heterocycles. The lowest BCUT2D eigenvalue weighted by Gasteiger charge is -2.11. The van der Waals surface area contributed by atoms with Gasteiger partial charge in [-0.2, -0.15) is 17.9 Å². The Kier molecular flexibility index (Phi) is 5.07. The van der Waals surface area contributed by atoms with E-state index in [2.05, 4.69) is 10.4 Å². The molecule has 10 heteroatoms. The van der Waals surface area contributed by atoms with E-state index >= 15 is 0 Å². The van der Waals surface area contributed by atoms with Gasteiger partial charge >= 0.3 is 12.2 Å². The van der Waals surface area contributed by atoms with Crippen LogP contribution in [0.15, 0.2) is 18.2 Å². The summed E-state index contributed by atoms with van der Waals surface area (Å²) in [5.41, 5.74) is -0.309. The Morgan fingerprint density at radius 1 is 1.31 bits per heavy atom. The van der Waals surface area contributed by atoms with E-state index in [1.165, 1.54) is 4.68 Å². The molecule has 1 aromatic heterocycles. The van der Waals surface area contributed by atoms with Crippen LogP contribution in [0.2, 0.25) is 10.0 Å². The van der Waals surface area contributed by atoms with Gasteiger partial charge in [0.1, 0.15) is 0 Å². The molecule has 26 heavy (non-hydrogen) atoms. The second-order valence-electron chi connectivity index (χ2n) is 5.80. The highest BCUT2D eigenvalue weighted by atomic mass is 35.5. The highest BCUT2D eigenvalue weighted by Gasteiger charge is 2.33. The lowest BCUT2D eigenvalue weighted by Crippen LogP contribution is -2.30. The van der Waals surface area contributed by atoms with Crippen LogP contribution in [0, 0.1) is 0 Å². The molecule has 0 radical (unpaired) electrons. The molecular formula is C16H14Cl2F3N3O2. The Bertz CT molecular complexity index is 825. The zero-order valence-corrected chi connectivity index (χ0v) is 15.0. The minimum atomic E-state index is -4.58. The summed E-state index contributed by atoms with van der Waals surface area (Å²) in [6.07, 6.45) is -2.73. The highest BCUT2D eigenvalue weighted by molar-refractivity contribution is 6.37. The first-order chi connectivity index (χ1) is 12.2. The number of aromatic nitrogens is 2. The predicted molar refractivity (Wildman–Crippen MR) is 90.2 cm³/mol. The third kappa shape index (κ3) is 3.91. The lowest BCUT2D eigenvalue weighted by atomic mass is 10.2. The molecule has 1 saturated carbocycles. The van der Waals surface area contributed by atoms with Crippen LogP contribution in [0.3, 0.4) is 0 Å². The van der Waals surface area contributed by atoms with Crippen LogP contribution >= 0.6 is 23.2 Å². The van der Waals surface area contributed by atoms with Crippen molar-refractivity contribution in [2.24, 2.45) is 0 Å². The summed E-state index contributed by atoms with van der Waals surface area (Å²) in [7, 11) is 0. The van der Waals surface area contributed by atoms with Gasteiger partial charge in [0, 0.05) is 18.5 Å². The summed E-state index contributed by atoms with van der Waals surface area (Å²) < 4.78 is 45.1. The van der Waals surface area contributed by atoms with E-state index in [4.69, 9.17) is 27.9 Å². The third-order valence-electron chi connectivity index (χ3n) is 3.76. The highest BCUT2D eigenvalue weighted by Crippen LogP contribution is 2.44. The lowest BCUT2D eigenvalue weighted by molar-refractivity contribution is -0.137. The summed E-state index contributed by atoms with van der Waals surface area (Å²) in [4.78, 5) is 12.1. The standard InChI is InChI=1S/C16H14Cl2F3N3O2/c1-2-22-15(25)24-12(8-3-4-8)7-13(23-24)26-14-10(17)5-9(6-11(14)18)16(19,20)21/h5-8H,2-4H2,1H3,(H,22,25). The zero-order chi connectivity index (χ0) is 19.1. The van der Waals surface area contributed by atoms with Gasteiger partial charge in [-0.25, -0.2) is 4.79 Å². The summed E-state index contributed by atoms with van der Waals surface area (Å²) in [5, 5.41) is 6.12. The fourth-order valence-electron chi connectivity index (χ4n) is 2.41. The molecule has 1 fully saturated rings. The summed E-state index contributed by atoms with van der Waals surface area (Å²) in [6, 6.07) is 2.61. The van der Waals surface area contributed by atoms with Crippen molar-refractivity contribution in [3.63, 3.8) is 0 Å². The average Bonchev–Trinajstić information content (AvgIpc) is 3.30. The molecule has 1 aliphatic rings. The molecule has 3 rings (SSSR count). The first kappa shape index (κ1) is 18.8. The molecule has 0 aliphatic heterocycles. The van der Waals surface area contributed by atoms with Gasteiger partial charge in [-0.1, -0.05) is 23.2 Å². The molecule has 0 bridgehead atoms. The number of nitrogens with zero attached hydrogens (tertiary/aromatic N) is 2. The molecule has 0 unspecified atom stereocenters. The van der Waals surface area contributed by atoms with E-state index in [-0.39, 0.29) is 27.6 Å². The summed E-state index contributed by atoms with van der Waals surface area (Å²) >= 11 is 11.8. The van der Waals surface area contributed by atoms with Crippen LogP contribution in [0.4, 0.5) is 18.0 Å². The second kappa shape index (κ2) is 7.00. The number of carbonyl (C=O) groups is 1. The topological polar surface area (TPSA) is 56.2 Å². The average molecular weight is 408 g/mol. The van der Waals surface area contributed by atoms with Crippen LogP contribution in [-0.4, -0.2) is 22.4 Å². The minimum absolute atomic E-state index is 0.0294. The van der Waals surface area contributed by atoms with Gasteiger partial charge in [0.2, 0.25) is 5.88 Å². The van der Waals surface area contributed by atoms with E-state index in [0.29, 0.717) is 12.2 Å². The first-order valence-corrected chi connectivity index (χ1v) is 8.58. The van der Waals surface area contributed by atoms with Gasteiger partial charge in [-0.3, -0.25) is 0 Å². The maximum Gasteiger partial charge on any atom is 0.416 e. The quantitative estimate of drug-likeness (QED) is 0.732. The van der Waals surface area contributed by atoms with E-state index in [0.717, 1.165) is 25.0 Å². The Labute approximate surface area is 157 Å². The number of amides is 1. The van der Waals surface area contributed by atoms with Crippen molar-refractivity contribution >= 4 is 29.2 Å². The van der Waals surface area contributed by atoms with Crippen LogP contribution in [0.5, 0.6) is 11.6 Å². The maximum absolute atomic E-state index is 12.8. The normalized spacial score (nSPS) is 14.4. The van der Waals surface area contributed by atoms with E-state index in [1.54, 1.807) is 13.0 Å². The molecule has 0 atom stereocenters. The Hall–Kier alpha value is -1.93. The number of alkyl halides is 3.